The van der Waals surface area contributed by atoms with Crippen LogP contribution in [0.4, 0.5) is 0 Å². The van der Waals surface area contributed by atoms with Crippen LogP contribution in [0.25, 0.3) is 0 Å². The maximum atomic E-state index is 13.2. The predicted octanol–water partition coefficient (Wildman–Crippen LogP) is 1.95. The molecule has 0 spiro atoms. The van der Waals surface area contributed by atoms with Gasteiger partial charge in [-0.25, -0.2) is 0 Å². The lowest BCUT2D eigenvalue weighted by molar-refractivity contribution is 0.0483. The molecule has 6 nitrogen and oxygen atoms in total. The van der Waals surface area contributed by atoms with E-state index < -0.39 is 0 Å². The van der Waals surface area contributed by atoms with Crippen LogP contribution in [0, 0.1) is 19.8 Å². The zero-order valence-electron chi connectivity index (χ0n) is 16.4. The minimum absolute atomic E-state index is 0.114. The van der Waals surface area contributed by atoms with Crippen molar-refractivity contribution in [3.8, 4) is 0 Å². The van der Waals surface area contributed by atoms with Gasteiger partial charge in [0, 0.05) is 36.8 Å². The van der Waals surface area contributed by atoms with Gasteiger partial charge in [0.2, 0.25) is 0 Å². The van der Waals surface area contributed by atoms with E-state index in [2.05, 4.69) is 30.0 Å². The summed E-state index contributed by atoms with van der Waals surface area (Å²) in [5.74, 6) is 0.500. The first-order valence-corrected chi connectivity index (χ1v) is 9.67. The molecule has 2 saturated heterocycles. The molecule has 0 unspecified atom stereocenters. The summed E-state index contributed by atoms with van der Waals surface area (Å²) in [6.45, 7) is 8.80. The molecule has 0 N–H and O–H groups in total. The Morgan fingerprint density at radius 1 is 1.15 bits per heavy atom. The number of rotatable bonds is 3. The highest BCUT2D eigenvalue weighted by molar-refractivity contribution is 5.94. The molecular weight excluding hydrogens is 340 g/mol. The Bertz CT molecular complexity index is 814. The molecule has 0 radical (unpaired) electrons. The fourth-order valence-electron chi connectivity index (χ4n) is 4.25. The molecule has 0 aliphatic carbocycles. The van der Waals surface area contributed by atoms with E-state index in [4.69, 9.17) is 4.74 Å². The van der Waals surface area contributed by atoms with Gasteiger partial charge in [-0.3, -0.25) is 9.48 Å². The normalized spacial score (nSPS) is 23.3. The molecule has 2 bridgehead atoms. The number of carbonyl (C=O) groups excluding carboxylic acids is 1. The third-order valence-electron chi connectivity index (χ3n) is 5.55. The number of carbonyl (C=O) groups is 1. The number of aromatic nitrogens is 2. The first-order chi connectivity index (χ1) is 13.0. The van der Waals surface area contributed by atoms with Gasteiger partial charge in [-0.15, -0.1) is 0 Å². The van der Waals surface area contributed by atoms with Crippen molar-refractivity contribution >= 4 is 5.91 Å². The summed E-state index contributed by atoms with van der Waals surface area (Å²) in [7, 11) is 2.13. The molecule has 1 amide bonds. The van der Waals surface area contributed by atoms with Crippen molar-refractivity contribution in [3.63, 3.8) is 0 Å². The predicted molar refractivity (Wildman–Crippen MR) is 104 cm³/mol. The number of likely N-dealkylation sites (N-methyl/N-ethyl adjacent to an activating group) is 1. The molecule has 2 aliphatic heterocycles. The zero-order chi connectivity index (χ0) is 19.0. The number of hydrogen-bond acceptors (Lipinski definition) is 4. The Kier molecular flexibility index (Phi) is 5.02. The van der Waals surface area contributed by atoms with Crippen molar-refractivity contribution in [3.05, 3.63) is 52.8 Å². The maximum Gasteiger partial charge on any atom is 0.254 e. The van der Waals surface area contributed by atoms with Crippen molar-refractivity contribution in [2.45, 2.75) is 26.4 Å². The number of amides is 1. The Morgan fingerprint density at radius 2 is 1.93 bits per heavy atom. The SMILES string of the molecule is Cc1cc(C)n(Cc2ccc(C(=O)N3C[C@H]4COC[C@@H]3CN(C)C4)cc2)n1. The Hall–Kier alpha value is -2.18. The average Bonchev–Trinajstić information content (AvgIpc) is 2.77. The van der Waals surface area contributed by atoms with Crippen LogP contribution in [0.5, 0.6) is 0 Å². The standard InChI is InChI=1S/C21H28N4O2/c1-15-8-16(2)25(22-15)11-17-4-6-19(7-5-17)21(26)24-10-18-9-23(3)12-20(24)14-27-13-18/h4-8,18,20H,9-14H2,1-3H3/t18-,20-/m0/s1. The van der Waals surface area contributed by atoms with Crippen molar-refractivity contribution < 1.29 is 9.53 Å². The van der Waals surface area contributed by atoms with Gasteiger partial charge in [-0.1, -0.05) is 12.1 Å². The molecule has 3 heterocycles. The van der Waals surface area contributed by atoms with Crippen LogP contribution in [0.3, 0.4) is 0 Å². The van der Waals surface area contributed by atoms with Crippen LogP contribution in [-0.2, 0) is 11.3 Å². The molecule has 4 rings (SSSR count). The number of benzene rings is 1. The molecule has 2 fully saturated rings. The van der Waals surface area contributed by atoms with Crippen LogP contribution in [0.2, 0.25) is 0 Å². The lowest BCUT2D eigenvalue weighted by Gasteiger charge is -2.29. The number of ether oxygens (including phenoxy) is 1. The van der Waals surface area contributed by atoms with Gasteiger partial charge in [0.25, 0.3) is 5.91 Å². The van der Waals surface area contributed by atoms with Crippen molar-refractivity contribution in [1.82, 2.24) is 19.6 Å². The molecule has 2 atom stereocenters. The summed E-state index contributed by atoms with van der Waals surface area (Å²) in [5, 5.41) is 4.51. The fourth-order valence-corrected chi connectivity index (χ4v) is 4.25. The summed E-state index contributed by atoms with van der Waals surface area (Å²) in [6, 6.07) is 10.2. The Labute approximate surface area is 160 Å². The molecule has 2 aromatic rings. The van der Waals surface area contributed by atoms with Gasteiger partial charge in [0.1, 0.15) is 0 Å². The van der Waals surface area contributed by atoms with Crippen LogP contribution >= 0.6 is 0 Å². The van der Waals surface area contributed by atoms with Crippen LogP contribution in [-0.4, -0.2) is 71.4 Å². The summed E-state index contributed by atoms with van der Waals surface area (Å²) in [4.78, 5) is 17.5. The van der Waals surface area contributed by atoms with Gasteiger partial charge < -0.3 is 14.5 Å². The second-order valence-corrected chi connectivity index (χ2v) is 8.02. The van der Waals surface area contributed by atoms with E-state index in [1.54, 1.807) is 0 Å². The highest BCUT2D eigenvalue weighted by Gasteiger charge is 2.35. The third-order valence-corrected chi connectivity index (χ3v) is 5.55. The fraction of sp³-hybridized carbons (Fsp3) is 0.524. The minimum atomic E-state index is 0.114. The van der Waals surface area contributed by atoms with Gasteiger partial charge in [-0.05, 0) is 44.7 Å². The molecule has 0 saturated carbocycles. The van der Waals surface area contributed by atoms with Crippen LogP contribution < -0.4 is 0 Å². The quantitative estimate of drug-likeness (QED) is 0.831. The summed E-state index contributed by atoms with van der Waals surface area (Å²) in [5.41, 5.74) is 4.07. The second-order valence-electron chi connectivity index (χ2n) is 8.02. The van der Waals surface area contributed by atoms with E-state index >= 15 is 0 Å². The molecular formula is C21H28N4O2. The topological polar surface area (TPSA) is 50.6 Å². The van der Waals surface area contributed by atoms with Crippen molar-refractivity contribution in [1.29, 1.82) is 0 Å². The van der Waals surface area contributed by atoms with Gasteiger partial charge >= 0.3 is 0 Å². The highest BCUT2D eigenvalue weighted by Crippen LogP contribution is 2.21. The number of fused-ring (bicyclic) bond motifs is 3. The smallest absolute Gasteiger partial charge is 0.254 e. The minimum Gasteiger partial charge on any atom is -0.379 e. The first kappa shape index (κ1) is 18.2. The molecule has 2 aliphatic rings. The van der Waals surface area contributed by atoms with Crippen LogP contribution in [0.1, 0.15) is 27.3 Å². The maximum absolute atomic E-state index is 13.2. The highest BCUT2D eigenvalue weighted by atomic mass is 16.5. The first-order valence-electron chi connectivity index (χ1n) is 9.67. The number of aryl methyl sites for hydroxylation is 2. The van der Waals surface area contributed by atoms with Crippen molar-refractivity contribution in [2.24, 2.45) is 5.92 Å². The number of hydrogen-bond donors (Lipinski definition) is 0. The second kappa shape index (κ2) is 7.44. The monoisotopic (exact) mass is 368 g/mol. The molecule has 1 aromatic carbocycles. The van der Waals surface area contributed by atoms with E-state index in [1.807, 2.05) is 40.8 Å². The Balaban J connectivity index is 1.49. The van der Waals surface area contributed by atoms with Crippen molar-refractivity contribution in [2.75, 3.05) is 39.9 Å². The zero-order valence-corrected chi connectivity index (χ0v) is 16.4. The van der Waals surface area contributed by atoms with Gasteiger partial charge in [-0.2, -0.15) is 5.10 Å². The van der Waals surface area contributed by atoms with E-state index in [1.165, 1.54) is 0 Å². The van der Waals surface area contributed by atoms with E-state index in [0.717, 1.165) is 55.3 Å². The van der Waals surface area contributed by atoms with E-state index in [0.29, 0.717) is 12.5 Å². The third kappa shape index (κ3) is 3.92. The van der Waals surface area contributed by atoms with E-state index in [-0.39, 0.29) is 11.9 Å². The summed E-state index contributed by atoms with van der Waals surface area (Å²) < 4.78 is 7.79. The van der Waals surface area contributed by atoms with Gasteiger partial charge in [0.05, 0.1) is 31.5 Å². The largest absolute Gasteiger partial charge is 0.379 e. The number of nitrogens with zero attached hydrogens (tertiary/aromatic N) is 4. The van der Waals surface area contributed by atoms with Crippen LogP contribution in [0.15, 0.2) is 30.3 Å². The average molecular weight is 368 g/mol. The molecule has 144 valence electrons. The summed E-state index contributed by atoms with van der Waals surface area (Å²) >= 11 is 0. The molecule has 1 aromatic heterocycles. The molecule has 27 heavy (non-hydrogen) atoms. The van der Waals surface area contributed by atoms with E-state index in [9.17, 15) is 4.79 Å². The lowest BCUT2D eigenvalue weighted by atomic mass is 10.1. The molecule has 6 heteroatoms. The lowest BCUT2D eigenvalue weighted by Crippen LogP contribution is -2.45. The van der Waals surface area contributed by atoms with Gasteiger partial charge in [0.15, 0.2) is 0 Å². The summed E-state index contributed by atoms with van der Waals surface area (Å²) in [6.07, 6.45) is 0. The Morgan fingerprint density at radius 3 is 2.63 bits per heavy atom.